The third-order valence-electron chi connectivity index (χ3n) is 2.42. The van der Waals surface area contributed by atoms with Crippen LogP contribution in [0.5, 0.6) is 0 Å². The molecule has 0 fully saturated rings. The van der Waals surface area contributed by atoms with Crippen molar-refractivity contribution in [1.82, 2.24) is 9.55 Å². The average molecular weight is 300 g/mol. The molecule has 19 heavy (non-hydrogen) atoms. The van der Waals surface area contributed by atoms with Crippen molar-refractivity contribution in [2.45, 2.75) is 6.54 Å². The number of carbonyl (C=O) groups excluding carboxylic acids is 1. The fraction of sp³-hybridized carbons (Fsp3) is 0.0909. The SMILES string of the molecule is O=C(Cn1ccnc1[N+](=O)[O-])c1cccc(Cl)c1Cl. The molecule has 8 heteroatoms. The van der Waals surface area contributed by atoms with Crippen molar-refractivity contribution in [3.63, 3.8) is 0 Å². The first-order valence-electron chi connectivity index (χ1n) is 5.13. The van der Waals surface area contributed by atoms with Crippen molar-refractivity contribution in [2.24, 2.45) is 0 Å². The highest BCUT2D eigenvalue weighted by Gasteiger charge is 2.20. The van der Waals surface area contributed by atoms with Crippen LogP contribution in [0.15, 0.2) is 30.6 Å². The molecule has 98 valence electrons. The first-order chi connectivity index (χ1) is 9.00. The van der Waals surface area contributed by atoms with Crippen molar-refractivity contribution in [1.29, 1.82) is 0 Å². The number of nitro groups is 1. The number of benzene rings is 1. The molecule has 0 aliphatic rings. The zero-order chi connectivity index (χ0) is 14.0. The van der Waals surface area contributed by atoms with Gasteiger partial charge in [-0.05, 0) is 17.1 Å². The van der Waals surface area contributed by atoms with Gasteiger partial charge in [0.25, 0.3) is 0 Å². The second-order valence-corrected chi connectivity index (χ2v) is 4.42. The summed E-state index contributed by atoms with van der Waals surface area (Å²) in [5.41, 5.74) is 0.220. The highest BCUT2D eigenvalue weighted by atomic mass is 35.5. The lowest BCUT2D eigenvalue weighted by molar-refractivity contribution is -0.396. The standard InChI is InChI=1S/C11H7Cl2N3O3/c12-8-3-1-2-7(10(8)13)9(17)6-15-5-4-14-11(15)16(18)19/h1-5H,6H2. The Kier molecular flexibility index (Phi) is 3.82. The van der Waals surface area contributed by atoms with Gasteiger partial charge in [-0.2, -0.15) is 0 Å². The number of carbonyl (C=O) groups is 1. The van der Waals surface area contributed by atoms with Crippen LogP contribution >= 0.6 is 23.2 Å². The first-order valence-corrected chi connectivity index (χ1v) is 5.89. The Morgan fingerprint density at radius 3 is 2.84 bits per heavy atom. The fourth-order valence-electron chi connectivity index (χ4n) is 1.56. The number of nitrogens with zero attached hydrogens (tertiary/aromatic N) is 3. The number of ketones is 1. The van der Waals surface area contributed by atoms with Gasteiger partial charge in [-0.1, -0.05) is 34.3 Å². The van der Waals surface area contributed by atoms with Gasteiger partial charge < -0.3 is 10.1 Å². The number of rotatable bonds is 4. The van der Waals surface area contributed by atoms with Crippen LogP contribution in [0.3, 0.4) is 0 Å². The van der Waals surface area contributed by atoms with Gasteiger partial charge in [0.15, 0.2) is 5.78 Å². The molecule has 0 atom stereocenters. The maximum absolute atomic E-state index is 12.0. The smallest absolute Gasteiger partial charge is 0.390 e. The molecule has 1 heterocycles. The number of hydrogen-bond acceptors (Lipinski definition) is 4. The first kappa shape index (κ1) is 13.5. The van der Waals surface area contributed by atoms with Crippen LogP contribution in [0, 0.1) is 10.1 Å². The van der Waals surface area contributed by atoms with E-state index in [1.807, 2.05) is 0 Å². The molecule has 6 nitrogen and oxygen atoms in total. The van der Waals surface area contributed by atoms with E-state index in [1.165, 1.54) is 18.5 Å². The third kappa shape index (κ3) is 2.74. The van der Waals surface area contributed by atoms with E-state index in [2.05, 4.69) is 4.98 Å². The minimum absolute atomic E-state index is 0.136. The van der Waals surface area contributed by atoms with Gasteiger partial charge in [0.2, 0.25) is 0 Å². The largest absolute Gasteiger partial charge is 0.434 e. The maximum atomic E-state index is 12.0. The van der Waals surface area contributed by atoms with Crippen LogP contribution in [0.4, 0.5) is 5.95 Å². The summed E-state index contributed by atoms with van der Waals surface area (Å²) in [5.74, 6) is -0.778. The van der Waals surface area contributed by atoms with E-state index in [4.69, 9.17) is 23.2 Å². The zero-order valence-corrected chi connectivity index (χ0v) is 10.9. The van der Waals surface area contributed by atoms with E-state index in [-0.39, 0.29) is 27.9 Å². The summed E-state index contributed by atoms with van der Waals surface area (Å²) in [6.07, 6.45) is 2.61. The molecule has 0 amide bonds. The maximum Gasteiger partial charge on any atom is 0.434 e. The molecule has 1 aromatic heterocycles. The lowest BCUT2D eigenvalue weighted by atomic mass is 10.1. The summed E-state index contributed by atoms with van der Waals surface area (Å²) < 4.78 is 1.14. The summed E-state index contributed by atoms with van der Waals surface area (Å²) in [4.78, 5) is 25.6. The molecule has 0 saturated heterocycles. The van der Waals surface area contributed by atoms with Gasteiger partial charge in [-0.15, -0.1) is 0 Å². The topological polar surface area (TPSA) is 78.0 Å². The van der Waals surface area contributed by atoms with Gasteiger partial charge in [-0.25, -0.2) is 4.57 Å². The number of hydrogen-bond donors (Lipinski definition) is 0. The highest BCUT2D eigenvalue weighted by Crippen LogP contribution is 2.26. The number of aromatic nitrogens is 2. The van der Waals surface area contributed by atoms with Gasteiger partial charge >= 0.3 is 5.95 Å². The second kappa shape index (κ2) is 5.38. The molecular formula is C11H7Cl2N3O3. The van der Waals surface area contributed by atoms with Crippen molar-refractivity contribution in [3.05, 3.63) is 56.3 Å². The van der Waals surface area contributed by atoms with Crippen LogP contribution in [0.2, 0.25) is 10.0 Å². The van der Waals surface area contributed by atoms with E-state index < -0.39 is 10.9 Å². The van der Waals surface area contributed by atoms with Crippen LogP contribution in [0.25, 0.3) is 0 Å². The molecule has 0 saturated carbocycles. The number of halogens is 2. The molecule has 0 bridgehead atoms. The molecular weight excluding hydrogens is 293 g/mol. The van der Waals surface area contributed by atoms with Crippen LogP contribution < -0.4 is 0 Å². The summed E-state index contributed by atoms with van der Waals surface area (Å²) in [7, 11) is 0. The van der Waals surface area contributed by atoms with Crippen molar-refractivity contribution in [2.75, 3.05) is 0 Å². The average Bonchev–Trinajstić information content (AvgIpc) is 2.80. The highest BCUT2D eigenvalue weighted by molar-refractivity contribution is 6.43. The Bertz CT molecular complexity index is 654. The Morgan fingerprint density at radius 1 is 1.42 bits per heavy atom. The van der Waals surface area contributed by atoms with Crippen molar-refractivity contribution < 1.29 is 9.72 Å². The summed E-state index contributed by atoms with van der Waals surface area (Å²) >= 11 is 11.7. The van der Waals surface area contributed by atoms with E-state index in [9.17, 15) is 14.9 Å². The number of Topliss-reactive ketones (excluding diaryl/α,β-unsaturated/α-hetero) is 1. The summed E-state index contributed by atoms with van der Waals surface area (Å²) in [5, 5.41) is 11.1. The Hall–Kier alpha value is -1.92. The second-order valence-electron chi connectivity index (χ2n) is 3.64. The summed E-state index contributed by atoms with van der Waals surface area (Å²) in [6.45, 7) is -0.226. The molecule has 2 aromatic rings. The molecule has 0 radical (unpaired) electrons. The van der Waals surface area contributed by atoms with Gasteiger partial charge in [0, 0.05) is 5.56 Å². The van der Waals surface area contributed by atoms with Crippen LogP contribution in [-0.2, 0) is 6.54 Å². The van der Waals surface area contributed by atoms with Gasteiger partial charge in [0.05, 0.1) is 10.0 Å². The predicted molar refractivity (Wildman–Crippen MR) is 69.7 cm³/mol. The molecule has 2 rings (SSSR count). The lowest BCUT2D eigenvalue weighted by Gasteiger charge is -2.04. The minimum atomic E-state index is -0.660. The number of imidazole rings is 1. The Balaban J connectivity index is 2.29. The molecule has 0 N–H and O–H groups in total. The van der Waals surface area contributed by atoms with Crippen LogP contribution in [0.1, 0.15) is 10.4 Å². The normalized spacial score (nSPS) is 10.4. The zero-order valence-electron chi connectivity index (χ0n) is 9.42. The van der Waals surface area contributed by atoms with E-state index in [0.29, 0.717) is 0 Å². The van der Waals surface area contributed by atoms with Crippen LogP contribution in [-0.4, -0.2) is 20.3 Å². The predicted octanol–water partition coefficient (Wildman–Crippen LogP) is 2.98. The quantitative estimate of drug-likeness (QED) is 0.494. The molecule has 0 unspecified atom stereocenters. The van der Waals surface area contributed by atoms with Gasteiger partial charge in [0.1, 0.15) is 18.9 Å². The van der Waals surface area contributed by atoms with E-state index in [1.54, 1.807) is 12.1 Å². The molecule has 0 aliphatic heterocycles. The van der Waals surface area contributed by atoms with E-state index in [0.717, 1.165) is 4.57 Å². The Labute approximate surface area is 117 Å². The molecule has 0 spiro atoms. The fourth-order valence-corrected chi connectivity index (χ4v) is 1.96. The van der Waals surface area contributed by atoms with Gasteiger partial charge in [-0.3, -0.25) is 4.79 Å². The van der Waals surface area contributed by atoms with Crippen molar-refractivity contribution in [3.8, 4) is 0 Å². The third-order valence-corrected chi connectivity index (χ3v) is 3.24. The minimum Gasteiger partial charge on any atom is -0.390 e. The molecule has 0 aliphatic carbocycles. The van der Waals surface area contributed by atoms with Crippen molar-refractivity contribution >= 4 is 34.9 Å². The monoisotopic (exact) mass is 299 g/mol. The summed E-state index contributed by atoms with van der Waals surface area (Å²) in [6, 6.07) is 4.66. The molecule has 1 aromatic carbocycles. The Morgan fingerprint density at radius 2 is 2.16 bits per heavy atom. The van der Waals surface area contributed by atoms with E-state index >= 15 is 0 Å². The lowest BCUT2D eigenvalue weighted by Crippen LogP contribution is -2.12.